The fourth-order valence-electron chi connectivity index (χ4n) is 2.47. The van der Waals surface area contributed by atoms with Crippen molar-refractivity contribution in [3.63, 3.8) is 0 Å². The highest BCUT2D eigenvalue weighted by atomic mass is 35.5. The molecule has 1 aromatic heterocycles. The monoisotopic (exact) mass is 393 g/mol. The number of nitrogens with zero attached hydrogens (tertiary/aromatic N) is 2. The molecule has 138 valence electrons. The molecule has 0 bridgehead atoms. The molecule has 1 aromatic carbocycles. The number of halogens is 2. The van der Waals surface area contributed by atoms with Crippen molar-refractivity contribution in [2.75, 3.05) is 18.4 Å². The summed E-state index contributed by atoms with van der Waals surface area (Å²) in [4.78, 5) is 30.4. The minimum absolute atomic E-state index is 0.0252. The number of hydrogen-bond acceptors (Lipinski definition) is 3. The summed E-state index contributed by atoms with van der Waals surface area (Å²) in [5.41, 5.74) is 1.43. The van der Waals surface area contributed by atoms with Crippen molar-refractivity contribution in [2.24, 2.45) is 0 Å². The van der Waals surface area contributed by atoms with Crippen LogP contribution in [0.5, 0.6) is 0 Å². The molecule has 1 N–H and O–H groups in total. The smallest absolute Gasteiger partial charge is 0.244 e. The molecule has 0 atom stereocenters. The van der Waals surface area contributed by atoms with Crippen molar-refractivity contribution in [2.45, 2.75) is 26.2 Å². The van der Waals surface area contributed by atoms with Gasteiger partial charge in [-0.05, 0) is 42.7 Å². The third-order valence-electron chi connectivity index (χ3n) is 3.73. The Hall–Kier alpha value is -2.11. The van der Waals surface area contributed by atoms with Gasteiger partial charge in [-0.2, -0.15) is 0 Å². The molecule has 2 aromatic rings. The van der Waals surface area contributed by atoms with E-state index in [0.29, 0.717) is 35.1 Å². The molecule has 0 unspecified atom stereocenters. The van der Waals surface area contributed by atoms with E-state index >= 15 is 0 Å². The van der Waals surface area contributed by atoms with Gasteiger partial charge < -0.3 is 10.2 Å². The largest absolute Gasteiger partial charge is 0.333 e. The highest BCUT2D eigenvalue weighted by molar-refractivity contribution is 6.35. The van der Waals surface area contributed by atoms with E-state index in [1.54, 1.807) is 35.5 Å². The molecule has 0 saturated carbocycles. The Morgan fingerprint density at radius 2 is 2.04 bits per heavy atom. The van der Waals surface area contributed by atoms with Crippen LogP contribution in [-0.4, -0.2) is 34.8 Å². The van der Waals surface area contributed by atoms with E-state index in [-0.39, 0.29) is 18.4 Å². The predicted molar refractivity (Wildman–Crippen MR) is 105 cm³/mol. The average molecular weight is 394 g/mol. The molecule has 0 radical (unpaired) electrons. The number of aryl methyl sites for hydroxylation is 1. The van der Waals surface area contributed by atoms with Gasteiger partial charge in [-0.25, -0.2) is 0 Å². The van der Waals surface area contributed by atoms with Gasteiger partial charge in [-0.1, -0.05) is 36.2 Å². The van der Waals surface area contributed by atoms with E-state index < -0.39 is 0 Å². The normalized spacial score (nSPS) is 10.4. The number of hydrogen-bond donors (Lipinski definition) is 1. The van der Waals surface area contributed by atoms with Crippen molar-refractivity contribution in [1.82, 2.24) is 9.88 Å². The minimum atomic E-state index is -0.308. The molecule has 0 aliphatic rings. The first kappa shape index (κ1) is 20.2. The second-order valence-corrected chi connectivity index (χ2v) is 6.69. The number of carbonyl (C=O) groups excluding carboxylic acids is 2. The maximum Gasteiger partial charge on any atom is 0.244 e. The average Bonchev–Trinajstić information content (AvgIpc) is 2.63. The number of anilines is 1. The maximum atomic E-state index is 12.5. The first-order valence-electron chi connectivity index (χ1n) is 8.41. The van der Waals surface area contributed by atoms with Gasteiger partial charge in [0.2, 0.25) is 11.8 Å². The fraction of sp³-hybridized carbons (Fsp3) is 0.316. The van der Waals surface area contributed by atoms with Crippen LogP contribution in [0, 0.1) is 0 Å². The third-order valence-corrected chi connectivity index (χ3v) is 4.30. The van der Waals surface area contributed by atoms with Gasteiger partial charge in [0.15, 0.2) is 0 Å². The molecule has 0 spiro atoms. The molecule has 1 heterocycles. The van der Waals surface area contributed by atoms with Crippen molar-refractivity contribution in [1.29, 1.82) is 0 Å². The van der Waals surface area contributed by atoms with Crippen molar-refractivity contribution < 1.29 is 9.59 Å². The summed E-state index contributed by atoms with van der Waals surface area (Å²) in [6.07, 6.45) is 5.13. The van der Waals surface area contributed by atoms with Crippen LogP contribution in [0.15, 0.2) is 42.7 Å². The molecule has 0 aliphatic carbocycles. The molecule has 5 nitrogen and oxygen atoms in total. The highest BCUT2D eigenvalue weighted by Gasteiger charge is 2.17. The quantitative estimate of drug-likeness (QED) is 0.730. The summed E-state index contributed by atoms with van der Waals surface area (Å²) in [5.74, 6) is -0.375. The predicted octanol–water partition coefficient (Wildman–Crippen LogP) is 4.20. The summed E-state index contributed by atoms with van der Waals surface area (Å²) < 4.78 is 0. The van der Waals surface area contributed by atoms with Crippen molar-refractivity contribution in [3.8, 4) is 0 Å². The molecule has 7 heteroatoms. The lowest BCUT2D eigenvalue weighted by molar-refractivity contribution is -0.134. The summed E-state index contributed by atoms with van der Waals surface area (Å²) in [6, 6.07) is 8.60. The van der Waals surface area contributed by atoms with Crippen LogP contribution < -0.4 is 5.32 Å². The topological polar surface area (TPSA) is 62.3 Å². The number of rotatable bonds is 8. The first-order chi connectivity index (χ1) is 12.5. The molecule has 2 amide bonds. The van der Waals surface area contributed by atoms with Crippen LogP contribution in [0.25, 0.3) is 0 Å². The zero-order valence-corrected chi connectivity index (χ0v) is 16.1. The Morgan fingerprint density at radius 1 is 1.23 bits per heavy atom. The molecule has 0 aliphatic heterocycles. The van der Waals surface area contributed by atoms with E-state index in [1.807, 2.05) is 19.1 Å². The number of amides is 2. The van der Waals surface area contributed by atoms with Crippen LogP contribution in [0.1, 0.15) is 25.3 Å². The van der Waals surface area contributed by atoms with E-state index in [9.17, 15) is 9.59 Å². The Balaban J connectivity index is 1.94. The SMILES string of the molecule is CCCN(CC(=O)Nc1cc(Cl)ccc1Cl)C(=O)CCc1cccnc1. The number of nitrogens with one attached hydrogen (secondary N) is 1. The van der Waals surface area contributed by atoms with Crippen LogP contribution in [0.2, 0.25) is 10.0 Å². The Bertz CT molecular complexity index is 754. The standard InChI is InChI=1S/C19H21Cl2N3O2/c1-2-10-24(19(26)8-5-14-4-3-9-22-12-14)13-18(25)23-17-11-15(20)6-7-16(17)21/h3-4,6-7,9,11-12H,2,5,8,10,13H2,1H3,(H,23,25). The minimum Gasteiger partial charge on any atom is -0.333 e. The molecular formula is C19H21Cl2N3O2. The lowest BCUT2D eigenvalue weighted by atomic mass is 10.1. The Labute approximate surface area is 163 Å². The van der Waals surface area contributed by atoms with Gasteiger partial charge >= 0.3 is 0 Å². The maximum absolute atomic E-state index is 12.5. The van der Waals surface area contributed by atoms with Crippen LogP contribution in [0.4, 0.5) is 5.69 Å². The van der Waals surface area contributed by atoms with E-state index in [4.69, 9.17) is 23.2 Å². The molecule has 0 fully saturated rings. The second-order valence-electron chi connectivity index (χ2n) is 5.85. The van der Waals surface area contributed by atoms with Gasteiger partial charge in [0.05, 0.1) is 17.3 Å². The molecule has 26 heavy (non-hydrogen) atoms. The summed E-state index contributed by atoms with van der Waals surface area (Å²) >= 11 is 12.0. The Morgan fingerprint density at radius 3 is 2.73 bits per heavy atom. The van der Waals surface area contributed by atoms with Crippen molar-refractivity contribution >= 4 is 40.7 Å². The molecule has 0 saturated heterocycles. The zero-order chi connectivity index (χ0) is 18.9. The van der Waals surface area contributed by atoms with Gasteiger partial charge in [0, 0.05) is 30.4 Å². The summed E-state index contributed by atoms with van der Waals surface area (Å²) in [5, 5.41) is 3.58. The molecular weight excluding hydrogens is 373 g/mol. The van der Waals surface area contributed by atoms with E-state index in [1.165, 1.54) is 0 Å². The fourth-order valence-corrected chi connectivity index (χ4v) is 2.81. The summed E-state index contributed by atoms with van der Waals surface area (Å²) in [7, 11) is 0. The van der Waals surface area contributed by atoms with Gasteiger partial charge in [0.1, 0.15) is 0 Å². The number of benzene rings is 1. The van der Waals surface area contributed by atoms with Crippen LogP contribution in [0.3, 0.4) is 0 Å². The van der Waals surface area contributed by atoms with Gasteiger partial charge in [-0.3, -0.25) is 14.6 Å². The van der Waals surface area contributed by atoms with E-state index in [2.05, 4.69) is 10.3 Å². The van der Waals surface area contributed by atoms with Gasteiger partial charge in [-0.15, -0.1) is 0 Å². The van der Waals surface area contributed by atoms with Gasteiger partial charge in [0.25, 0.3) is 0 Å². The second kappa shape index (κ2) is 10.1. The Kier molecular flexibility index (Phi) is 7.88. The van der Waals surface area contributed by atoms with E-state index in [0.717, 1.165) is 12.0 Å². The third kappa shape index (κ3) is 6.32. The van der Waals surface area contributed by atoms with Crippen LogP contribution in [-0.2, 0) is 16.0 Å². The van der Waals surface area contributed by atoms with Crippen LogP contribution >= 0.6 is 23.2 Å². The lowest BCUT2D eigenvalue weighted by Crippen LogP contribution is -2.38. The lowest BCUT2D eigenvalue weighted by Gasteiger charge is -2.22. The number of pyridine rings is 1. The summed E-state index contributed by atoms with van der Waals surface area (Å²) in [6.45, 7) is 2.46. The molecule has 2 rings (SSSR count). The number of carbonyl (C=O) groups is 2. The highest BCUT2D eigenvalue weighted by Crippen LogP contribution is 2.25. The van der Waals surface area contributed by atoms with Crippen molar-refractivity contribution in [3.05, 3.63) is 58.3 Å². The zero-order valence-electron chi connectivity index (χ0n) is 14.5. The first-order valence-corrected chi connectivity index (χ1v) is 9.16. The number of aromatic nitrogens is 1.